The summed E-state index contributed by atoms with van der Waals surface area (Å²) >= 11 is 0. The van der Waals surface area contributed by atoms with Crippen molar-refractivity contribution < 1.29 is 4.79 Å². The fourth-order valence-electron chi connectivity index (χ4n) is 2.40. The second kappa shape index (κ2) is 4.48. The SMILES string of the molecule is CCN(CC1CC1)C(=O)c1cccc2cc[nH]c12. The van der Waals surface area contributed by atoms with Gasteiger partial charge in [0.1, 0.15) is 0 Å². The van der Waals surface area contributed by atoms with E-state index in [-0.39, 0.29) is 5.91 Å². The average Bonchev–Trinajstić information content (AvgIpc) is 3.08. The van der Waals surface area contributed by atoms with Gasteiger partial charge in [-0.05, 0) is 37.8 Å². The van der Waals surface area contributed by atoms with Gasteiger partial charge in [0.15, 0.2) is 0 Å². The Kier molecular flexibility index (Phi) is 2.82. The van der Waals surface area contributed by atoms with E-state index in [0.29, 0.717) is 0 Å². The largest absolute Gasteiger partial charge is 0.361 e. The van der Waals surface area contributed by atoms with Crippen LogP contribution in [-0.2, 0) is 0 Å². The highest BCUT2D eigenvalue weighted by atomic mass is 16.2. The average molecular weight is 242 g/mol. The van der Waals surface area contributed by atoms with Gasteiger partial charge in [-0.1, -0.05) is 12.1 Å². The molecule has 1 aliphatic carbocycles. The Bertz CT molecular complexity index is 569. The number of aromatic amines is 1. The summed E-state index contributed by atoms with van der Waals surface area (Å²) in [6, 6.07) is 7.90. The van der Waals surface area contributed by atoms with Crippen molar-refractivity contribution in [2.24, 2.45) is 5.92 Å². The van der Waals surface area contributed by atoms with Crippen LogP contribution in [0.4, 0.5) is 0 Å². The summed E-state index contributed by atoms with van der Waals surface area (Å²) in [6.07, 6.45) is 4.44. The Morgan fingerprint density at radius 3 is 2.94 bits per heavy atom. The quantitative estimate of drug-likeness (QED) is 0.879. The lowest BCUT2D eigenvalue weighted by molar-refractivity contribution is 0.0758. The maximum absolute atomic E-state index is 12.6. The standard InChI is InChI=1S/C15H18N2O/c1-2-17(10-11-6-7-11)15(18)13-5-3-4-12-8-9-16-14(12)13/h3-5,8-9,11,16H,2,6-7,10H2,1H3. The summed E-state index contributed by atoms with van der Waals surface area (Å²) in [7, 11) is 0. The van der Waals surface area contributed by atoms with E-state index >= 15 is 0 Å². The van der Waals surface area contributed by atoms with Crippen LogP contribution in [-0.4, -0.2) is 28.9 Å². The van der Waals surface area contributed by atoms with E-state index < -0.39 is 0 Å². The van der Waals surface area contributed by atoms with Crippen molar-refractivity contribution >= 4 is 16.8 Å². The molecule has 0 saturated heterocycles. The zero-order valence-corrected chi connectivity index (χ0v) is 10.6. The third kappa shape index (κ3) is 2.01. The number of aromatic nitrogens is 1. The highest BCUT2D eigenvalue weighted by molar-refractivity contribution is 6.05. The Morgan fingerprint density at radius 2 is 2.22 bits per heavy atom. The van der Waals surface area contributed by atoms with Crippen LogP contribution in [0.5, 0.6) is 0 Å². The lowest BCUT2D eigenvalue weighted by atomic mass is 10.1. The van der Waals surface area contributed by atoms with Crippen molar-refractivity contribution in [2.75, 3.05) is 13.1 Å². The van der Waals surface area contributed by atoms with Gasteiger partial charge in [-0.25, -0.2) is 0 Å². The number of hydrogen-bond donors (Lipinski definition) is 1. The highest BCUT2D eigenvalue weighted by Crippen LogP contribution is 2.30. The van der Waals surface area contributed by atoms with Gasteiger partial charge in [0.2, 0.25) is 0 Å². The van der Waals surface area contributed by atoms with Gasteiger partial charge in [0.25, 0.3) is 5.91 Å². The second-order valence-electron chi connectivity index (χ2n) is 5.03. The van der Waals surface area contributed by atoms with E-state index in [1.165, 1.54) is 12.8 Å². The summed E-state index contributed by atoms with van der Waals surface area (Å²) < 4.78 is 0. The minimum Gasteiger partial charge on any atom is -0.361 e. The lowest BCUT2D eigenvalue weighted by Crippen LogP contribution is -2.32. The van der Waals surface area contributed by atoms with E-state index in [4.69, 9.17) is 0 Å². The van der Waals surface area contributed by atoms with Crippen LogP contribution in [0.2, 0.25) is 0 Å². The molecule has 0 radical (unpaired) electrons. The number of carbonyl (C=O) groups is 1. The molecule has 3 heteroatoms. The van der Waals surface area contributed by atoms with E-state index in [2.05, 4.69) is 11.9 Å². The third-order valence-corrected chi connectivity index (χ3v) is 3.66. The van der Waals surface area contributed by atoms with Crippen LogP contribution in [0.1, 0.15) is 30.1 Å². The molecule has 0 unspecified atom stereocenters. The summed E-state index contributed by atoms with van der Waals surface area (Å²) in [4.78, 5) is 17.7. The molecule has 1 fully saturated rings. The summed E-state index contributed by atoms with van der Waals surface area (Å²) in [5, 5.41) is 1.10. The molecule has 0 bridgehead atoms. The molecule has 0 atom stereocenters. The van der Waals surface area contributed by atoms with Crippen LogP contribution in [0.15, 0.2) is 30.5 Å². The number of amides is 1. The molecule has 1 heterocycles. The van der Waals surface area contributed by atoms with Gasteiger partial charge in [-0.15, -0.1) is 0 Å². The predicted molar refractivity (Wildman–Crippen MR) is 72.6 cm³/mol. The highest BCUT2D eigenvalue weighted by Gasteiger charge is 2.27. The van der Waals surface area contributed by atoms with Crippen LogP contribution in [0.3, 0.4) is 0 Å². The van der Waals surface area contributed by atoms with Crippen LogP contribution < -0.4 is 0 Å². The van der Waals surface area contributed by atoms with Gasteiger partial charge < -0.3 is 9.88 Å². The van der Waals surface area contributed by atoms with Crippen LogP contribution in [0.25, 0.3) is 10.9 Å². The molecule has 1 aromatic heterocycles. The van der Waals surface area contributed by atoms with E-state index in [1.54, 1.807) is 0 Å². The lowest BCUT2D eigenvalue weighted by Gasteiger charge is -2.21. The van der Waals surface area contributed by atoms with E-state index in [0.717, 1.165) is 35.5 Å². The number of rotatable bonds is 4. The number of nitrogens with zero attached hydrogens (tertiary/aromatic N) is 1. The topological polar surface area (TPSA) is 36.1 Å². The molecular formula is C15H18N2O. The molecule has 3 rings (SSSR count). The summed E-state index contributed by atoms with van der Waals surface area (Å²) in [5.74, 6) is 0.884. The predicted octanol–water partition coefficient (Wildman–Crippen LogP) is 3.04. The monoisotopic (exact) mass is 242 g/mol. The Morgan fingerprint density at radius 1 is 1.39 bits per heavy atom. The van der Waals surface area contributed by atoms with Crippen molar-refractivity contribution in [1.82, 2.24) is 9.88 Å². The Balaban J connectivity index is 1.91. The summed E-state index contributed by atoms with van der Waals surface area (Å²) in [6.45, 7) is 3.74. The molecule has 94 valence electrons. The van der Waals surface area contributed by atoms with Crippen molar-refractivity contribution in [3.05, 3.63) is 36.0 Å². The molecule has 0 aliphatic heterocycles. The molecule has 1 aliphatic rings. The number of nitrogens with one attached hydrogen (secondary N) is 1. The van der Waals surface area contributed by atoms with Gasteiger partial charge in [-0.3, -0.25) is 4.79 Å². The first-order valence-electron chi connectivity index (χ1n) is 6.65. The number of fused-ring (bicyclic) bond motifs is 1. The second-order valence-corrected chi connectivity index (χ2v) is 5.03. The Hall–Kier alpha value is -1.77. The number of H-pyrrole nitrogens is 1. The maximum Gasteiger partial charge on any atom is 0.255 e. The Labute approximate surface area is 107 Å². The minimum atomic E-state index is 0.150. The normalized spacial score (nSPS) is 14.9. The molecule has 1 aromatic carbocycles. The third-order valence-electron chi connectivity index (χ3n) is 3.66. The van der Waals surface area contributed by atoms with Crippen molar-refractivity contribution in [3.8, 4) is 0 Å². The number of carbonyl (C=O) groups excluding carboxylic acids is 1. The number of benzene rings is 1. The van der Waals surface area contributed by atoms with Crippen LogP contribution >= 0.6 is 0 Å². The molecule has 0 spiro atoms. The number of para-hydroxylation sites is 1. The molecular weight excluding hydrogens is 224 g/mol. The van der Waals surface area contributed by atoms with Gasteiger partial charge in [0, 0.05) is 24.7 Å². The fraction of sp³-hybridized carbons (Fsp3) is 0.400. The van der Waals surface area contributed by atoms with E-state index in [1.807, 2.05) is 35.4 Å². The zero-order valence-electron chi connectivity index (χ0n) is 10.6. The fourth-order valence-corrected chi connectivity index (χ4v) is 2.40. The molecule has 1 saturated carbocycles. The molecule has 18 heavy (non-hydrogen) atoms. The molecule has 3 nitrogen and oxygen atoms in total. The first-order valence-corrected chi connectivity index (χ1v) is 6.65. The smallest absolute Gasteiger partial charge is 0.255 e. The number of hydrogen-bond acceptors (Lipinski definition) is 1. The minimum absolute atomic E-state index is 0.150. The van der Waals surface area contributed by atoms with Crippen molar-refractivity contribution in [1.29, 1.82) is 0 Å². The zero-order chi connectivity index (χ0) is 12.5. The first kappa shape index (κ1) is 11.3. The molecule has 1 N–H and O–H groups in total. The first-order chi connectivity index (χ1) is 8.79. The molecule has 1 amide bonds. The van der Waals surface area contributed by atoms with Crippen molar-refractivity contribution in [2.45, 2.75) is 19.8 Å². The maximum atomic E-state index is 12.6. The van der Waals surface area contributed by atoms with Gasteiger partial charge in [-0.2, -0.15) is 0 Å². The van der Waals surface area contributed by atoms with Crippen LogP contribution in [0, 0.1) is 5.92 Å². The van der Waals surface area contributed by atoms with E-state index in [9.17, 15) is 4.79 Å². The van der Waals surface area contributed by atoms with Gasteiger partial charge >= 0.3 is 0 Å². The van der Waals surface area contributed by atoms with Gasteiger partial charge in [0.05, 0.1) is 11.1 Å². The summed E-state index contributed by atoms with van der Waals surface area (Å²) in [5.41, 5.74) is 1.75. The molecule has 2 aromatic rings. The van der Waals surface area contributed by atoms with Crippen molar-refractivity contribution in [3.63, 3.8) is 0 Å².